The van der Waals surface area contributed by atoms with Gasteiger partial charge in [0.15, 0.2) is 0 Å². The van der Waals surface area contributed by atoms with Gasteiger partial charge in [-0.15, -0.1) is 0 Å². The highest BCUT2D eigenvalue weighted by Crippen LogP contribution is 2.33. The van der Waals surface area contributed by atoms with Crippen molar-refractivity contribution in [2.75, 3.05) is 7.18 Å². The molecule has 0 bridgehead atoms. The molecule has 120 valence electrons. The number of para-hydroxylation sites is 1. The van der Waals surface area contributed by atoms with Crippen LogP contribution in [0.3, 0.4) is 0 Å². The number of benzene rings is 1. The van der Waals surface area contributed by atoms with E-state index in [9.17, 15) is 4.39 Å². The summed E-state index contributed by atoms with van der Waals surface area (Å²) in [5, 5.41) is 8.42. The number of fused-ring (bicyclic) bond motifs is 1. The van der Waals surface area contributed by atoms with Crippen LogP contribution in [0.5, 0.6) is 0 Å². The monoisotopic (exact) mass is 320 g/mol. The first-order valence-electron chi connectivity index (χ1n) is 7.52. The lowest BCUT2D eigenvalue weighted by molar-refractivity contribution is 0.636. The zero-order chi connectivity index (χ0) is 16.9. The van der Waals surface area contributed by atoms with Gasteiger partial charge in [0.05, 0.1) is 30.3 Å². The van der Waals surface area contributed by atoms with Crippen molar-refractivity contribution in [3.05, 3.63) is 66.6 Å². The Morgan fingerprint density at radius 3 is 2.58 bits per heavy atom. The van der Waals surface area contributed by atoms with E-state index in [0.29, 0.717) is 7.18 Å². The molecule has 1 N–H and O–H groups in total. The number of nitrogens with zero attached hydrogens (tertiary/aromatic N) is 3. The molecule has 4 aromatic rings. The first kappa shape index (κ1) is 15.8. The first-order valence-corrected chi connectivity index (χ1v) is 7.52. The summed E-state index contributed by atoms with van der Waals surface area (Å²) >= 11 is 0. The van der Waals surface area contributed by atoms with Gasteiger partial charge in [0.25, 0.3) is 0 Å². The summed E-state index contributed by atoms with van der Waals surface area (Å²) in [4.78, 5) is 9.02. The zero-order valence-electron chi connectivity index (χ0n) is 13.5. The van der Waals surface area contributed by atoms with Gasteiger partial charge < -0.3 is 0 Å². The quantitative estimate of drug-likeness (QED) is 0.588. The second kappa shape index (κ2) is 7.00. The summed E-state index contributed by atoms with van der Waals surface area (Å²) in [5.74, 6) is 0. The Labute approximate surface area is 139 Å². The van der Waals surface area contributed by atoms with Gasteiger partial charge >= 0.3 is 0 Å². The van der Waals surface area contributed by atoms with E-state index in [1.165, 1.54) is 0 Å². The molecule has 0 radical (unpaired) electrons. The van der Waals surface area contributed by atoms with E-state index in [1.54, 1.807) is 0 Å². The van der Waals surface area contributed by atoms with Crippen molar-refractivity contribution in [1.29, 1.82) is 0 Å². The van der Waals surface area contributed by atoms with Gasteiger partial charge in [-0.3, -0.25) is 19.5 Å². The van der Waals surface area contributed by atoms with Gasteiger partial charge in [-0.25, -0.2) is 0 Å². The molecule has 3 heterocycles. The van der Waals surface area contributed by atoms with Crippen LogP contribution in [0, 0.1) is 6.92 Å². The highest BCUT2D eigenvalue weighted by atomic mass is 19.1. The van der Waals surface area contributed by atoms with Crippen molar-refractivity contribution >= 4 is 10.9 Å². The van der Waals surface area contributed by atoms with Crippen LogP contribution in [0.4, 0.5) is 4.39 Å². The molecule has 0 aliphatic rings. The summed E-state index contributed by atoms with van der Waals surface area (Å²) in [6.45, 7) is 1.99. The summed E-state index contributed by atoms with van der Waals surface area (Å²) < 4.78 is 9.50. The van der Waals surface area contributed by atoms with Gasteiger partial charge in [0.2, 0.25) is 0 Å². The number of aryl methyl sites for hydroxylation is 1. The summed E-state index contributed by atoms with van der Waals surface area (Å²) in [6.07, 6.45) is 3.68. The molecule has 0 fully saturated rings. The van der Waals surface area contributed by atoms with E-state index in [1.807, 2.05) is 61.8 Å². The van der Waals surface area contributed by atoms with E-state index in [4.69, 9.17) is 0 Å². The Kier molecular flexibility index (Phi) is 4.61. The number of alkyl halides is 1. The SMILES string of the molecule is CF.Cc1cccc(-c2[nH]ncc2-c2ccnc3ccccc23)n1. The fourth-order valence-electron chi connectivity index (χ4n) is 2.70. The molecule has 0 unspecified atom stereocenters. The Bertz CT molecular complexity index is 957. The van der Waals surface area contributed by atoms with Crippen LogP contribution < -0.4 is 0 Å². The lowest BCUT2D eigenvalue weighted by atomic mass is 10.0. The highest BCUT2D eigenvalue weighted by molar-refractivity contribution is 5.97. The van der Waals surface area contributed by atoms with Crippen molar-refractivity contribution in [1.82, 2.24) is 20.2 Å². The predicted molar refractivity (Wildman–Crippen MR) is 94.3 cm³/mol. The van der Waals surface area contributed by atoms with E-state index in [0.717, 1.165) is 39.1 Å². The lowest BCUT2D eigenvalue weighted by Crippen LogP contribution is -1.90. The lowest BCUT2D eigenvalue weighted by Gasteiger charge is -2.07. The van der Waals surface area contributed by atoms with Crippen molar-refractivity contribution in [2.24, 2.45) is 0 Å². The van der Waals surface area contributed by atoms with Gasteiger partial charge in [-0.1, -0.05) is 24.3 Å². The number of H-pyrrole nitrogens is 1. The molecule has 4 nitrogen and oxygen atoms in total. The van der Waals surface area contributed by atoms with Crippen LogP contribution >= 0.6 is 0 Å². The minimum absolute atomic E-state index is 0.500. The first-order chi connectivity index (χ1) is 11.8. The number of halogens is 1. The Balaban J connectivity index is 0.000000815. The summed E-state index contributed by atoms with van der Waals surface area (Å²) in [7, 11) is 0.500. The average Bonchev–Trinajstić information content (AvgIpc) is 3.12. The smallest absolute Gasteiger partial charge is 0.0913 e. The maximum absolute atomic E-state index is 9.50. The molecule has 4 rings (SSSR count). The van der Waals surface area contributed by atoms with Crippen molar-refractivity contribution < 1.29 is 4.39 Å². The standard InChI is InChI=1S/C18H14N4.CH3F/c1-12-5-4-8-17(21-12)18-15(11-20-22-18)13-9-10-19-16-7-3-2-6-14(13)16;1-2/h2-11H,1H3,(H,20,22);1H3. The minimum Gasteiger partial charge on any atom is -0.276 e. The van der Waals surface area contributed by atoms with Gasteiger partial charge in [-0.05, 0) is 36.8 Å². The Morgan fingerprint density at radius 2 is 1.75 bits per heavy atom. The second-order valence-corrected chi connectivity index (χ2v) is 5.20. The summed E-state index contributed by atoms with van der Waals surface area (Å²) in [5.41, 5.74) is 5.93. The minimum atomic E-state index is 0.500. The van der Waals surface area contributed by atoms with Gasteiger partial charge in [0.1, 0.15) is 0 Å². The number of aromatic amines is 1. The van der Waals surface area contributed by atoms with E-state index in [2.05, 4.69) is 26.2 Å². The van der Waals surface area contributed by atoms with Crippen LogP contribution in [-0.2, 0) is 0 Å². The summed E-state index contributed by atoms with van der Waals surface area (Å²) in [6, 6.07) is 16.1. The molecule has 0 saturated carbocycles. The topological polar surface area (TPSA) is 54.5 Å². The van der Waals surface area contributed by atoms with Crippen molar-refractivity contribution in [3.8, 4) is 22.5 Å². The third-order valence-electron chi connectivity index (χ3n) is 3.72. The highest BCUT2D eigenvalue weighted by Gasteiger charge is 2.13. The van der Waals surface area contributed by atoms with Crippen LogP contribution in [0.15, 0.2) is 60.9 Å². The van der Waals surface area contributed by atoms with Gasteiger partial charge in [0, 0.05) is 22.8 Å². The van der Waals surface area contributed by atoms with E-state index in [-0.39, 0.29) is 0 Å². The normalized spacial score (nSPS) is 10.3. The van der Waals surface area contributed by atoms with Crippen LogP contribution in [0.2, 0.25) is 0 Å². The Hall–Kier alpha value is -3.08. The fourth-order valence-corrected chi connectivity index (χ4v) is 2.70. The predicted octanol–water partition coefficient (Wildman–Crippen LogP) is 4.58. The molecule has 0 spiro atoms. The second-order valence-electron chi connectivity index (χ2n) is 5.20. The number of hydrogen-bond donors (Lipinski definition) is 1. The molecule has 0 aliphatic heterocycles. The van der Waals surface area contributed by atoms with Crippen LogP contribution in [0.25, 0.3) is 33.4 Å². The molecular weight excluding hydrogens is 303 g/mol. The van der Waals surface area contributed by atoms with Crippen molar-refractivity contribution in [3.63, 3.8) is 0 Å². The molecule has 0 aliphatic carbocycles. The number of rotatable bonds is 2. The number of hydrogen-bond acceptors (Lipinski definition) is 3. The average molecular weight is 320 g/mol. The molecule has 5 heteroatoms. The zero-order valence-corrected chi connectivity index (χ0v) is 13.5. The number of aromatic nitrogens is 4. The van der Waals surface area contributed by atoms with Crippen LogP contribution in [-0.4, -0.2) is 27.3 Å². The molecule has 1 aromatic carbocycles. The molecule has 24 heavy (non-hydrogen) atoms. The van der Waals surface area contributed by atoms with Crippen LogP contribution in [0.1, 0.15) is 5.69 Å². The maximum Gasteiger partial charge on any atom is 0.0913 e. The fraction of sp³-hybridized carbons (Fsp3) is 0.105. The Morgan fingerprint density at radius 1 is 0.917 bits per heavy atom. The molecule has 3 aromatic heterocycles. The third kappa shape index (κ3) is 2.88. The molecular formula is C19H17FN4. The maximum atomic E-state index is 9.50. The van der Waals surface area contributed by atoms with Gasteiger partial charge in [-0.2, -0.15) is 5.10 Å². The largest absolute Gasteiger partial charge is 0.276 e. The number of nitrogens with one attached hydrogen (secondary N) is 1. The molecule has 0 atom stereocenters. The molecule has 0 saturated heterocycles. The van der Waals surface area contributed by atoms with E-state index >= 15 is 0 Å². The number of pyridine rings is 2. The third-order valence-corrected chi connectivity index (χ3v) is 3.72. The molecule has 0 amide bonds. The van der Waals surface area contributed by atoms with Crippen molar-refractivity contribution in [2.45, 2.75) is 6.92 Å². The van der Waals surface area contributed by atoms with E-state index < -0.39 is 0 Å².